The summed E-state index contributed by atoms with van der Waals surface area (Å²) >= 11 is 1.45. The predicted octanol–water partition coefficient (Wildman–Crippen LogP) is 7.97. The molecule has 5 aromatic rings. The molecule has 6 nitrogen and oxygen atoms in total. The van der Waals surface area contributed by atoms with E-state index in [-0.39, 0.29) is 0 Å². The lowest BCUT2D eigenvalue weighted by molar-refractivity contribution is 1.13. The van der Waals surface area contributed by atoms with Crippen molar-refractivity contribution in [2.75, 3.05) is 24.3 Å². The van der Waals surface area contributed by atoms with E-state index in [1.807, 2.05) is 86.2 Å². The molecule has 35 heavy (non-hydrogen) atoms. The molecule has 0 saturated carbocycles. The fourth-order valence-corrected chi connectivity index (χ4v) is 4.15. The maximum Gasteiger partial charge on any atom is 0.213 e. The van der Waals surface area contributed by atoms with Crippen LogP contribution in [0.1, 0.15) is 5.56 Å². The Morgan fingerprint density at radius 3 is 2.34 bits per heavy atom. The highest BCUT2D eigenvalue weighted by atomic mass is 32.1. The van der Waals surface area contributed by atoms with E-state index < -0.39 is 0 Å². The second-order valence-electron chi connectivity index (χ2n) is 8.11. The van der Waals surface area contributed by atoms with E-state index in [0.29, 0.717) is 11.0 Å². The van der Waals surface area contributed by atoms with E-state index in [1.54, 1.807) is 0 Å². The topological polar surface area (TPSA) is 65.2 Å². The summed E-state index contributed by atoms with van der Waals surface area (Å²) in [6.07, 6.45) is 0. The molecule has 0 amide bonds. The third-order valence-corrected chi connectivity index (χ3v) is 6.11. The molecule has 0 fully saturated rings. The van der Waals surface area contributed by atoms with Gasteiger partial charge in [0.15, 0.2) is 5.84 Å². The zero-order chi connectivity index (χ0) is 24.0. The summed E-state index contributed by atoms with van der Waals surface area (Å²) in [6.45, 7) is 0. The molecular weight excluding hydrogens is 452 g/mol. The van der Waals surface area contributed by atoms with Gasteiger partial charge in [0.25, 0.3) is 0 Å². The summed E-state index contributed by atoms with van der Waals surface area (Å²) in [5.74, 6) is 1.25. The standard InChI is InChI=1S/C28H24N6S/c1-34(2)25-16-13-21(14-17-25)27(33-32-23-10-4-3-5-11-23)31-28-30-26(19-35-28)29-24-15-12-20-8-6-7-9-22(20)18-24/h3-19,29H,1-2H3/b31-27-,33-32?. The van der Waals surface area contributed by atoms with Crippen LogP contribution in [0.5, 0.6) is 0 Å². The average Bonchev–Trinajstić information content (AvgIpc) is 3.33. The Morgan fingerprint density at radius 2 is 1.57 bits per heavy atom. The second-order valence-corrected chi connectivity index (χ2v) is 8.95. The number of nitrogens with zero attached hydrogens (tertiary/aromatic N) is 5. The fraction of sp³-hybridized carbons (Fsp3) is 0.0714. The predicted molar refractivity (Wildman–Crippen MR) is 147 cm³/mol. The Labute approximate surface area is 208 Å². The molecule has 0 unspecified atom stereocenters. The summed E-state index contributed by atoms with van der Waals surface area (Å²) in [5, 5.41) is 17.2. The minimum Gasteiger partial charge on any atom is -0.378 e. The molecule has 172 valence electrons. The van der Waals surface area contributed by atoms with Gasteiger partial charge in [-0.15, -0.1) is 21.6 Å². The van der Waals surface area contributed by atoms with E-state index in [9.17, 15) is 0 Å². The van der Waals surface area contributed by atoms with Crippen molar-refractivity contribution in [1.29, 1.82) is 0 Å². The lowest BCUT2D eigenvalue weighted by atomic mass is 10.1. The van der Waals surface area contributed by atoms with Gasteiger partial charge in [-0.1, -0.05) is 48.5 Å². The Balaban J connectivity index is 1.43. The van der Waals surface area contributed by atoms with Crippen LogP contribution in [-0.4, -0.2) is 24.9 Å². The Bertz CT molecular complexity index is 1490. The number of azo groups is 1. The Hall–Kier alpha value is -4.36. The van der Waals surface area contributed by atoms with E-state index >= 15 is 0 Å². The third kappa shape index (κ3) is 5.59. The summed E-state index contributed by atoms with van der Waals surface area (Å²) in [5.41, 5.74) is 3.72. The van der Waals surface area contributed by atoms with E-state index in [1.165, 1.54) is 22.1 Å². The van der Waals surface area contributed by atoms with E-state index in [0.717, 1.165) is 28.4 Å². The number of benzene rings is 4. The SMILES string of the molecule is CN(C)c1ccc(/C(N=Nc2ccccc2)=N/c2nc(Nc3ccc4ccccc4c3)cs2)cc1. The number of nitrogens with one attached hydrogen (secondary N) is 1. The van der Waals surface area contributed by atoms with Crippen LogP contribution in [0.3, 0.4) is 0 Å². The van der Waals surface area contributed by atoms with Crippen LogP contribution in [0, 0.1) is 0 Å². The summed E-state index contributed by atoms with van der Waals surface area (Å²) in [7, 11) is 4.03. The fourth-order valence-electron chi connectivity index (χ4n) is 3.53. The van der Waals surface area contributed by atoms with Crippen LogP contribution in [-0.2, 0) is 0 Å². The normalized spacial score (nSPS) is 11.8. The average molecular weight is 477 g/mol. The molecule has 1 aromatic heterocycles. The van der Waals surface area contributed by atoms with Gasteiger partial charge in [-0.05, 0) is 59.3 Å². The molecule has 1 N–H and O–H groups in total. The first-order chi connectivity index (χ1) is 17.1. The van der Waals surface area contributed by atoms with Crippen molar-refractivity contribution >= 4 is 56.0 Å². The van der Waals surface area contributed by atoms with Crippen molar-refractivity contribution in [2.24, 2.45) is 15.2 Å². The van der Waals surface area contributed by atoms with E-state index in [2.05, 4.69) is 55.8 Å². The Morgan fingerprint density at radius 1 is 0.829 bits per heavy atom. The van der Waals surface area contributed by atoms with Gasteiger partial charge >= 0.3 is 0 Å². The molecule has 4 aromatic carbocycles. The van der Waals surface area contributed by atoms with Gasteiger partial charge in [-0.2, -0.15) is 4.99 Å². The maximum absolute atomic E-state index is 4.74. The number of hydrogen-bond acceptors (Lipinski definition) is 6. The molecular formula is C28H24N6S. The zero-order valence-corrected chi connectivity index (χ0v) is 20.3. The number of aliphatic imine (C=N–C) groups is 1. The first-order valence-corrected chi connectivity index (χ1v) is 12.1. The number of rotatable bonds is 6. The van der Waals surface area contributed by atoms with E-state index in [4.69, 9.17) is 4.99 Å². The molecule has 0 aliphatic heterocycles. The van der Waals surface area contributed by atoms with Crippen LogP contribution in [0.25, 0.3) is 10.8 Å². The summed E-state index contributed by atoms with van der Waals surface area (Å²) < 4.78 is 0. The molecule has 0 bridgehead atoms. The van der Waals surface area contributed by atoms with Crippen molar-refractivity contribution in [3.05, 3.63) is 108 Å². The number of anilines is 3. The van der Waals surface area contributed by atoms with Gasteiger partial charge in [0.1, 0.15) is 5.82 Å². The van der Waals surface area contributed by atoms with Crippen LogP contribution in [0.2, 0.25) is 0 Å². The van der Waals surface area contributed by atoms with Crippen LogP contribution in [0.15, 0.2) is 118 Å². The largest absolute Gasteiger partial charge is 0.378 e. The molecule has 7 heteroatoms. The van der Waals surface area contributed by atoms with Crippen molar-refractivity contribution < 1.29 is 0 Å². The second kappa shape index (κ2) is 10.3. The third-order valence-electron chi connectivity index (χ3n) is 5.37. The molecule has 5 rings (SSSR count). The number of amidine groups is 1. The number of aromatic nitrogens is 1. The van der Waals surface area contributed by atoms with Crippen molar-refractivity contribution in [2.45, 2.75) is 0 Å². The minimum atomic E-state index is 0.505. The lowest BCUT2D eigenvalue weighted by Gasteiger charge is -2.12. The monoisotopic (exact) mass is 476 g/mol. The minimum absolute atomic E-state index is 0.505. The van der Waals surface area contributed by atoms with Gasteiger partial charge in [0.2, 0.25) is 5.13 Å². The van der Waals surface area contributed by atoms with Crippen LogP contribution < -0.4 is 10.2 Å². The summed E-state index contributed by atoms with van der Waals surface area (Å²) in [6, 6.07) is 32.3. The number of thiazole rings is 1. The molecule has 1 heterocycles. The smallest absolute Gasteiger partial charge is 0.213 e. The number of hydrogen-bond donors (Lipinski definition) is 1. The van der Waals surface area contributed by atoms with Gasteiger partial charge in [0, 0.05) is 36.4 Å². The highest BCUT2D eigenvalue weighted by molar-refractivity contribution is 7.13. The van der Waals surface area contributed by atoms with Crippen LogP contribution in [0.4, 0.5) is 28.0 Å². The molecule has 0 atom stereocenters. The molecule has 0 aliphatic rings. The van der Waals surface area contributed by atoms with Crippen LogP contribution >= 0.6 is 11.3 Å². The van der Waals surface area contributed by atoms with Gasteiger partial charge in [0.05, 0.1) is 5.69 Å². The molecule has 0 radical (unpaired) electrons. The first-order valence-electron chi connectivity index (χ1n) is 11.2. The highest BCUT2D eigenvalue weighted by Gasteiger charge is 2.08. The van der Waals surface area contributed by atoms with Crippen molar-refractivity contribution in [3.8, 4) is 0 Å². The first kappa shape index (κ1) is 22.4. The Kier molecular flexibility index (Phi) is 6.59. The summed E-state index contributed by atoms with van der Waals surface area (Å²) in [4.78, 5) is 11.5. The lowest BCUT2D eigenvalue weighted by Crippen LogP contribution is -2.08. The van der Waals surface area contributed by atoms with Gasteiger partial charge in [-0.3, -0.25) is 0 Å². The maximum atomic E-state index is 4.74. The highest BCUT2D eigenvalue weighted by Crippen LogP contribution is 2.28. The van der Waals surface area contributed by atoms with Gasteiger partial charge in [-0.25, -0.2) is 4.98 Å². The van der Waals surface area contributed by atoms with Crippen molar-refractivity contribution in [3.63, 3.8) is 0 Å². The quantitative estimate of drug-likeness (QED) is 0.153. The van der Waals surface area contributed by atoms with Gasteiger partial charge < -0.3 is 10.2 Å². The zero-order valence-electron chi connectivity index (χ0n) is 19.5. The molecule has 0 aliphatic carbocycles. The molecule has 0 saturated heterocycles. The van der Waals surface area contributed by atoms with Crippen molar-refractivity contribution in [1.82, 2.24) is 4.98 Å². The molecule has 0 spiro atoms. The number of fused-ring (bicyclic) bond motifs is 1.